The van der Waals surface area contributed by atoms with E-state index in [0.717, 1.165) is 18.7 Å². The summed E-state index contributed by atoms with van der Waals surface area (Å²) in [6.45, 7) is 6.92. The van der Waals surface area contributed by atoms with Gasteiger partial charge in [0.2, 0.25) is 0 Å². The van der Waals surface area contributed by atoms with Crippen LogP contribution in [-0.2, 0) is 0 Å². The fourth-order valence-electron chi connectivity index (χ4n) is 2.35. The first-order valence-corrected chi connectivity index (χ1v) is 7.14. The van der Waals surface area contributed by atoms with Crippen LogP contribution in [0.1, 0.15) is 22.8 Å². The van der Waals surface area contributed by atoms with Gasteiger partial charge in [-0.3, -0.25) is 14.7 Å². The lowest BCUT2D eigenvalue weighted by Gasteiger charge is -2.37. The van der Waals surface area contributed by atoms with Crippen molar-refractivity contribution in [3.63, 3.8) is 0 Å². The van der Waals surface area contributed by atoms with Crippen molar-refractivity contribution in [1.82, 2.24) is 14.8 Å². The smallest absolute Gasteiger partial charge is 0.255 e. The standard InChI is InChI=1S/C14H20N4OS/c1-10-7-12(9-16-8-10)14(19)18-5-3-17(4-6-18)11(2)13(15)20/h7-9,11H,3-6H2,1-2H3,(H2,15,20). The molecular weight excluding hydrogens is 272 g/mol. The molecule has 2 heterocycles. The van der Waals surface area contributed by atoms with Crippen LogP contribution in [0.15, 0.2) is 18.5 Å². The average Bonchev–Trinajstić information content (AvgIpc) is 2.46. The number of aryl methyl sites for hydroxylation is 1. The van der Waals surface area contributed by atoms with Crippen LogP contribution >= 0.6 is 12.2 Å². The van der Waals surface area contributed by atoms with E-state index >= 15 is 0 Å². The number of amides is 1. The minimum absolute atomic E-state index is 0.0452. The molecule has 5 nitrogen and oxygen atoms in total. The molecule has 0 radical (unpaired) electrons. The van der Waals surface area contributed by atoms with Crippen molar-refractivity contribution >= 4 is 23.1 Å². The lowest BCUT2D eigenvalue weighted by molar-refractivity contribution is 0.0621. The first kappa shape index (κ1) is 14.9. The molecule has 1 saturated heterocycles. The van der Waals surface area contributed by atoms with E-state index < -0.39 is 0 Å². The third-order valence-electron chi connectivity index (χ3n) is 3.68. The quantitative estimate of drug-likeness (QED) is 0.836. The Balaban J connectivity index is 1.97. The van der Waals surface area contributed by atoms with Gasteiger partial charge in [-0.05, 0) is 25.5 Å². The normalized spacial score (nSPS) is 17.8. The number of carbonyl (C=O) groups excluding carboxylic acids is 1. The molecule has 2 N–H and O–H groups in total. The number of rotatable bonds is 3. The van der Waals surface area contributed by atoms with E-state index in [1.54, 1.807) is 12.4 Å². The Morgan fingerprint density at radius 1 is 1.35 bits per heavy atom. The van der Waals surface area contributed by atoms with Crippen LogP contribution < -0.4 is 5.73 Å². The highest BCUT2D eigenvalue weighted by Gasteiger charge is 2.25. The summed E-state index contributed by atoms with van der Waals surface area (Å²) in [5.41, 5.74) is 7.32. The van der Waals surface area contributed by atoms with Crippen molar-refractivity contribution < 1.29 is 4.79 Å². The second kappa shape index (κ2) is 6.28. The number of pyridine rings is 1. The fraction of sp³-hybridized carbons (Fsp3) is 0.500. The van der Waals surface area contributed by atoms with Crippen molar-refractivity contribution in [2.75, 3.05) is 26.2 Å². The Morgan fingerprint density at radius 2 is 2.00 bits per heavy atom. The molecule has 1 aromatic heterocycles. The molecule has 1 aliphatic rings. The highest BCUT2D eigenvalue weighted by molar-refractivity contribution is 7.80. The SMILES string of the molecule is Cc1cncc(C(=O)N2CCN(C(C)C(N)=S)CC2)c1. The van der Waals surface area contributed by atoms with Crippen molar-refractivity contribution in [3.8, 4) is 0 Å². The molecule has 1 atom stereocenters. The van der Waals surface area contributed by atoms with Gasteiger partial charge in [0, 0.05) is 38.6 Å². The fourth-order valence-corrected chi connectivity index (χ4v) is 2.50. The van der Waals surface area contributed by atoms with Crippen molar-refractivity contribution in [2.24, 2.45) is 5.73 Å². The lowest BCUT2D eigenvalue weighted by atomic mass is 10.1. The Bertz CT molecular complexity index is 512. The first-order chi connectivity index (χ1) is 9.49. The van der Waals surface area contributed by atoms with E-state index in [1.807, 2.05) is 24.8 Å². The van der Waals surface area contributed by atoms with Crippen LogP contribution in [0.3, 0.4) is 0 Å². The number of nitrogens with zero attached hydrogens (tertiary/aromatic N) is 3. The number of thiocarbonyl (C=S) groups is 1. The van der Waals surface area contributed by atoms with Crippen molar-refractivity contribution in [2.45, 2.75) is 19.9 Å². The Kier molecular flexibility index (Phi) is 4.67. The summed E-state index contributed by atoms with van der Waals surface area (Å²) in [7, 11) is 0. The van der Waals surface area contributed by atoms with E-state index in [0.29, 0.717) is 23.6 Å². The zero-order valence-corrected chi connectivity index (χ0v) is 12.7. The predicted octanol–water partition coefficient (Wildman–Crippen LogP) is 0.822. The summed E-state index contributed by atoms with van der Waals surface area (Å²) in [6, 6.07) is 1.96. The van der Waals surface area contributed by atoms with Gasteiger partial charge in [-0.25, -0.2) is 0 Å². The molecular formula is C14H20N4OS. The summed E-state index contributed by atoms with van der Waals surface area (Å²) in [5, 5.41) is 0. The average molecular weight is 292 g/mol. The van der Waals surface area contributed by atoms with E-state index in [2.05, 4.69) is 9.88 Å². The van der Waals surface area contributed by atoms with Gasteiger partial charge in [-0.15, -0.1) is 0 Å². The zero-order valence-electron chi connectivity index (χ0n) is 11.9. The van der Waals surface area contributed by atoms with Crippen molar-refractivity contribution in [1.29, 1.82) is 0 Å². The minimum Gasteiger partial charge on any atom is -0.392 e. The lowest BCUT2D eigenvalue weighted by Crippen LogP contribution is -2.53. The maximum Gasteiger partial charge on any atom is 0.255 e. The van der Waals surface area contributed by atoms with Gasteiger partial charge in [0.05, 0.1) is 16.6 Å². The Hall–Kier alpha value is -1.53. The van der Waals surface area contributed by atoms with E-state index in [4.69, 9.17) is 18.0 Å². The number of aromatic nitrogens is 1. The molecule has 1 amide bonds. The van der Waals surface area contributed by atoms with Gasteiger partial charge in [-0.1, -0.05) is 12.2 Å². The van der Waals surface area contributed by atoms with Gasteiger partial charge < -0.3 is 10.6 Å². The van der Waals surface area contributed by atoms with Crippen LogP contribution in [0.2, 0.25) is 0 Å². The highest BCUT2D eigenvalue weighted by atomic mass is 32.1. The molecule has 0 spiro atoms. The van der Waals surface area contributed by atoms with Gasteiger partial charge in [0.1, 0.15) is 0 Å². The third-order valence-corrected chi connectivity index (χ3v) is 4.02. The topological polar surface area (TPSA) is 62.5 Å². The maximum atomic E-state index is 12.4. The summed E-state index contributed by atoms with van der Waals surface area (Å²) in [4.78, 5) is 21.0. The molecule has 108 valence electrons. The molecule has 1 unspecified atom stereocenters. The van der Waals surface area contributed by atoms with Gasteiger partial charge in [0.15, 0.2) is 0 Å². The monoisotopic (exact) mass is 292 g/mol. The number of nitrogens with two attached hydrogens (primary N) is 1. The van der Waals surface area contributed by atoms with Crippen LogP contribution in [0.4, 0.5) is 0 Å². The predicted molar refractivity (Wildman–Crippen MR) is 82.7 cm³/mol. The Labute approximate surface area is 124 Å². The molecule has 0 aromatic carbocycles. The number of hydrogen-bond acceptors (Lipinski definition) is 4. The number of carbonyl (C=O) groups is 1. The maximum absolute atomic E-state index is 12.4. The summed E-state index contributed by atoms with van der Waals surface area (Å²) < 4.78 is 0. The van der Waals surface area contributed by atoms with Crippen LogP contribution in [0.5, 0.6) is 0 Å². The number of hydrogen-bond donors (Lipinski definition) is 1. The van der Waals surface area contributed by atoms with E-state index in [9.17, 15) is 4.79 Å². The summed E-state index contributed by atoms with van der Waals surface area (Å²) in [6.07, 6.45) is 3.37. The van der Waals surface area contributed by atoms with E-state index in [1.165, 1.54) is 0 Å². The largest absolute Gasteiger partial charge is 0.392 e. The molecule has 0 bridgehead atoms. The molecule has 1 aromatic rings. The van der Waals surface area contributed by atoms with E-state index in [-0.39, 0.29) is 11.9 Å². The van der Waals surface area contributed by atoms with Crippen LogP contribution in [0, 0.1) is 6.92 Å². The summed E-state index contributed by atoms with van der Waals surface area (Å²) >= 11 is 5.02. The highest BCUT2D eigenvalue weighted by Crippen LogP contribution is 2.11. The first-order valence-electron chi connectivity index (χ1n) is 6.73. The van der Waals surface area contributed by atoms with Crippen molar-refractivity contribution in [3.05, 3.63) is 29.6 Å². The summed E-state index contributed by atoms with van der Waals surface area (Å²) in [5.74, 6) is 0.0452. The van der Waals surface area contributed by atoms with Crippen LogP contribution in [-0.4, -0.2) is 57.9 Å². The third kappa shape index (κ3) is 3.32. The zero-order chi connectivity index (χ0) is 14.7. The second-order valence-corrected chi connectivity index (χ2v) is 5.63. The van der Waals surface area contributed by atoms with Gasteiger partial charge in [-0.2, -0.15) is 0 Å². The molecule has 20 heavy (non-hydrogen) atoms. The van der Waals surface area contributed by atoms with Gasteiger partial charge >= 0.3 is 0 Å². The van der Waals surface area contributed by atoms with Gasteiger partial charge in [0.25, 0.3) is 5.91 Å². The molecule has 6 heteroatoms. The minimum atomic E-state index is 0.0452. The molecule has 0 aliphatic carbocycles. The number of piperazine rings is 1. The van der Waals surface area contributed by atoms with Crippen LogP contribution in [0.25, 0.3) is 0 Å². The molecule has 1 aliphatic heterocycles. The Morgan fingerprint density at radius 3 is 2.55 bits per heavy atom. The molecule has 1 fully saturated rings. The molecule has 0 saturated carbocycles. The second-order valence-electron chi connectivity index (χ2n) is 5.16. The molecule has 2 rings (SSSR count).